The van der Waals surface area contributed by atoms with E-state index in [0.717, 1.165) is 116 Å². The minimum absolute atomic E-state index is 0.0867. The van der Waals surface area contributed by atoms with Crippen molar-refractivity contribution in [1.82, 2.24) is 0 Å². The molecule has 0 radical (unpaired) electrons. The summed E-state index contributed by atoms with van der Waals surface area (Å²) in [5.74, 6) is -0.907. The van der Waals surface area contributed by atoms with Gasteiger partial charge in [0.15, 0.2) is 6.10 Å². The van der Waals surface area contributed by atoms with Gasteiger partial charge in [-0.25, -0.2) is 0 Å². The molecule has 6 heteroatoms. The second kappa shape index (κ2) is 61.1. The van der Waals surface area contributed by atoms with Crippen molar-refractivity contribution in [2.24, 2.45) is 0 Å². The van der Waals surface area contributed by atoms with Crippen molar-refractivity contribution in [3.63, 3.8) is 0 Å². The summed E-state index contributed by atoms with van der Waals surface area (Å²) < 4.78 is 16.9. The molecule has 0 N–H and O–H groups in total. The average molecular weight is 1020 g/mol. The summed E-state index contributed by atoms with van der Waals surface area (Å²) in [4.78, 5) is 38.3. The molecule has 0 aromatic rings. The Balaban J connectivity index is 4.41. The molecule has 0 saturated heterocycles. The van der Waals surface area contributed by atoms with Crippen LogP contribution in [-0.4, -0.2) is 37.2 Å². The second-order valence-electron chi connectivity index (χ2n) is 20.6. The zero-order valence-electron chi connectivity index (χ0n) is 48.1. The molecule has 0 fully saturated rings. The van der Waals surface area contributed by atoms with Gasteiger partial charge in [-0.15, -0.1) is 0 Å². The monoisotopic (exact) mass is 1020 g/mol. The minimum Gasteiger partial charge on any atom is -0.462 e. The van der Waals surface area contributed by atoms with Crippen LogP contribution in [0.25, 0.3) is 0 Å². The van der Waals surface area contributed by atoms with Gasteiger partial charge in [0.1, 0.15) is 13.2 Å². The minimum atomic E-state index is -0.790. The molecule has 0 aliphatic heterocycles. The number of allylic oxidation sites excluding steroid dienone is 14. The van der Waals surface area contributed by atoms with Crippen LogP contribution in [0.1, 0.15) is 303 Å². The van der Waals surface area contributed by atoms with E-state index in [9.17, 15) is 14.4 Å². The van der Waals surface area contributed by atoms with Gasteiger partial charge < -0.3 is 14.2 Å². The van der Waals surface area contributed by atoms with Gasteiger partial charge in [-0.05, 0) is 96.3 Å². The smallest absolute Gasteiger partial charge is 0.306 e. The number of hydrogen-bond acceptors (Lipinski definition) is 6. The highest BCUT2D eigenvalue weighted by Crippen LogP contribution is 2.16. The van der Waals surface area contributed by atoms with Crippen molar-refractivity contribution in [3.05, 3.63) is 85.1 Å². The molecule has 0 saturated carbocycles. The Bertz CT molecular complexity index is 1400. The van der Waals surface area contributed by atoms with Crippen LogP contribution < -0.4 is 0 Å². The average Bonchev–Trinajstić information content (AvgIpc) is 3.39. The van der Waals surface area contributed by atoms with Crippen molar-refractivity contribution in [2.75, 3.05) is 13.2 Å². The number of rotatable bonds is 56. The second-order valence-corrected chi connectivity index (χ2v) is 20.6. The molecule has 0 rings (SSSR count). The Morgan fingerprint density at radius 2 is 0.534 bits per heavy atom. The third-order valence-electron chi connectivity index (χ3n) is 13.4. The zero-order chi connectivity index (χ0) is 52.9. The number of carbonyl (C=O) groups excluding carboxylic acids is 3. The third-order valence-corrected chi connectivity index (χ3v) is 13.4. The fraction of sp³-hybridized carbons (Fsp3) is 0.746. The molecule has 0 aromatic carbocycles. The molecule has 73 heavy (non-hydrogen) atoms. The molecule has 0 bridgehead atoms. The van der Waals surface area contributed by atoms with Crippen molar-refractivity contribution >= 4 is 17.9 Å². The zero-order valence-corrected chi connectivity index (χ0v) is 48.1. The van der Waals surface area contributed by atoms with E-state index in [0.29, 0.717) is 19.3 Å². The number of hydrogen-bond donors (Lipinski definition) is 0. The van der Waals surface area contributed by atoms with Crippen molar-refractivity contribution < 1.29 is 28.6 Å². The van der Waals surface area contributed by atoms with Crippen LogP contribution >= 0.6 is 0 Å². The summed E-state index contributed by atoms with van der Waals surface area (Å²) in [5.41, 5.74) is 0. The lowest BCUT2D eigenvalue weighted by molar-refractivity contribution is -0.167. The fourth-order valence-electron chi connectivity index (χ4n) is 8.74. The molecular weight excluding hydrogens is 901 g/mol. The summed E-state index contributed by atoms with van der Waals surface area (Å²) in [7, 11) is 0. The van der Waals surface area contributed by atoms with Gasteiger partial charge in [-0.1, -0.05) is 273 Å². The first-order valence-corrected chi connectivity index (χ1v) is 31.1. The Labute approximate surface area is 452 Å². The third kappa shape index (κ3) is 59.3. The highest BCUT2D eigenvalue weighted by molar-refractivity contribution is 5.71. The van der Waals surface area contributed by atoms with E-state index in [-0.39, 0.29) is 31.1 Å². The van der Waals surface area contributed by atoms with Crippen LogP contribution in [0.5, 0.6) is 0 Å². The molecule has 0 aliphatic carbocycles. The Kier molecular flexibility index (Phi) is 58.3. The summed E-state index contributed by atoms with van der Waals surface area (Å²) in [5, 5.41) is 0. The van der Waals surface area contributed by atoms with E-state index in [2.05, 4.69) is 106 Å². The summed E-state index contributed by atoms with van der Waals surface area (Å²) in [6.45, 7) is 6.52. The van der Waals surface area contributed by atoms with E-state index in [1.807, 2.05) is 0 Å². The predicted molar refractivity (Wildman–Crippen MR) is 316 cm³/mol. The maximum atomic E-state index is 12.9. The van der Waals surface area contributed by atoms with Gasteiger partial charge in [0.25, 0.3) is 0 Å². The van der Waals surface area contributed by atoms with Gasteiger partial charge >= 0.3 is 17.9 Å². The van der Waals surface area contributed by atoms with Crippen LogP contribution in [0.4, 0.5) is 0 Å². The largest absolute Gasteiger partial charge is 0.462 e. The molecule has 1 unspecified atom stereocenters. The summed E-state index contributed by atoms with van der Waals surface area (Å²) in [6.07, 6.45) is 80.0. The quantitative estimate of drug-likeness (QED) is 0.0261. The lowest BCUT2D eigenvalue weighted by Gasteiger charge is -2.18. The van der Waals surface area contributed by atoms with Crippen LogP contribution in [-0.2, 0) is 28.6 Å². The SMILES string of the molecule is CC/C=C\C/C=C\C/C=C\C/C=C\C/C=C\C/C=C\CCCCCCC(=O)OCC(COC(=O)CCCCCCC/C=C\CCCCCCCC)OC(=O)CCCCCCCCCCCCCCCCCCC. The standard InChI is InChI=1S/C67H116O6/c1-4-7-10-13-16-19-22-25-28-30-31-32-33-34-35-37-39-42-45-48-51-54-57-60-66(69)72-63-64(62-71-65(68)59-56-53-50-47-44-41-38-27-24-21-18-15-12-9-6-3)73-67(70)61-58-55-52-49-46-43-40-36-29-26-23-20-17-14-11-8-5-2/h7,10,16,19,25,27-28,31-32,34-35,38-39,42,64H,4-6,8-9,11-15,17-18,20-24,26,29-30,33,36-37,40-41,43-63H2,1-3H3/b10-7-,19-16-,28-25-,32-31-,35-34-,38-27-,42-39-. The molecule has 0 aromatic heterocycles. The number of ether oxygens (including phenoxy) is 3. The summed E-state index contributed by atoms with van der Waals surface area (Å²) in [6, 6.07) is 0. The van der Waals surface area contributed by atoms with Gasteiger partial charge in [0.05, 0.1) is 0 Å². The van der Waals surface area contributed by atoms with E-state index in [1.54, 1.807) is 0 Å². The van der Waals surface area contributed by atoms with Gasteiger partial charge in [-0.2, -0.15) is 0 Å². The Morgan fingerprint density at radius 1 is 0.288 bits per heavy atom. The van der Waals surface area contributed by atoms with Crippen LogP contribution in [0, 0.1) is 0 Å². The van der Waals surface area contributed by atoms with E-state index >= 15 is 0 Å². The number of unbranched alkanes of at least 4 members (excludes halogenated alkanes) is 31. The van der Waals surface area contributed by atoms with Crippen molar-refractivity contribution in [2.45, 2.75) is 309 Å². The van der Waals surface area contributed by atoms with Gasteiger partial charge in [0, 0.05) is 19.3 Å². The Morgan fingerprint density at radius 3 is 0.849 bits per heavy atom. The maximum absolute atomic E-state index is 12.9. The highest BCUT2D eigenvalue weighted by Gasteiger charge is 2.19. The lowest BCUT2D eigenvalue weighted by atomic mass is 10.0. The predicted octanol–water partition coefficient (Wildman–Crippen LogP) is 21.1. The van der Waals surface area contributed by atoms with E-state index in [4.69, 9.17) is 14.2 Å². The number of esters is 3. The van der Waals surface area contributed by atoms with E-state index < -0.39 is 6.10 Å². The van der Waals surface area contributed by atoms with Crippen LogP contribution in [0.15, 0.2) is 85.1 Å². The maximum Gasteiger partial charge on any atom is 0.306 e. The van der Waals surface area contributed by atoms with Gasteiger partial charge in [0.2, 0.25) is 0 Å². The van der Waals surface area contributed by atoms with Crippen molar-refractivity contribution in [3.8, 4) is 0 Å². The lowest BCUT2D eigenvalue weighted by Crippen LogP contribution is -2.30. The summed E-state index contributed by atoms with van der Waals surface area (Å²) >= 11 is 0. The molecule has 1 atom stereocenters. The first-order chi connectivity index (χ1) is 36.0. The van der Waals surface area contributed by atoms with Crippen LogP contribution in [0.3, 0.4) is 0 Å². The molecule has 420 valence electrons. The molecule has 0 aliphatic rings. The molecule has 0 heterocycles. The fourth-order valence-corrected chi connectivity index (χ4v) is 8.74. The highest BCUT2D eigenvalue weighted by atomic mass is 16.6. The van der Waals surface area contributed by atoms with Crippen LogP contribution in [0.2, 0.25) is 0 Å². The first-order valence-electron chi connectivity index (χ1n) is 31.1. The molecular formula is C67H116O6. The molecule has 0 amide bonds. The topological polar surface area (TPSA) is 78.9 Å². The van der Waals surface area contributed by atoms with Crippen molar-refractivity contribution in [1.29, 1.82) is 0 Å². The van der Waals surface area contributed by atoms with Gasteiger partial charge in [-0.3, -0.25) is 14.4 Å². The molecule has 0 spiro atoms. The number of carbonyl (C=O) groups is 3. The first kappa shape index (κ1) is 69.6. The molecule has 6 nitrogen and oxygen atoms in total. The van der Waals surface area contributed by atoms with E-state index in [1.165, 1.54) is 148 Å². The Hall–Kier alpha value is -3.41. The normalized spacial score (nSPS) is 12.6.